The van der Waals surface area contributed by atoms with Crippen LogP contribution in [0.2, 0.25) is 0 Å². The smallest absolute Gasteiger partial charge is 0.225 e. The number of aromatic nitrogens is 4. The summed E-state index contributed by atoms with van der Waals surface area (Å²) in [5.74, 6) is 0.838. The molecule has 7 heteroatoms. The lowest BCUT2D eigenvalue weighted by atomic mass is 9.74. The highest BCUT2D eigenvalue weighted by molar-refractivity contribution is 5.37. The van der Waals surface area contributed by atoms with E-state index in [1.54, 1.807) is 0 Å². The molecule has 2 aromatic rings. The molecule has 0 spiro atoms. The molecule has 1 N–H and O–H groups in total. The molecule has 1 fully saturated rings. The monoisotopic (exact) mass is 396 g/mol. The predicted molar refractivity (Wildman–Crippen MR) is 114 cm³/mol. The number of nitrogens with zero attached hydrogens (tertiary/aromatic N) is 5. The molecule has 0 amide bonds. The van der Waals surface area contributed by atoms with Crippen molar-refractivity contribution in [2.24, 2.45) is 5.41 Å². The van der Waals surface area contributed by atoms with E-state index in [1.165, 1.54) is 16.8 Å². The van der Waals surface area contributed by atoms with Crippen molar-refractivity contribution in [3.8, 4) is 0 Å². The van der Waals surface area contributed by atoms with E-state index in [0.29, 0.717) is 0 Å². The lowest BCUT2D eigenvalue weighted by Gasteiger charge is -2.37. The summed E-state index contributed by atoms with van der Waals surface area (Å²) in [5.41, 5.74) is 4.89. The van der Waals surface area contributed by atoms with Crippen molar-refractivity contribution < 1.29 is 4.74 Å². The summed E-state index contributed by atoms with van der Waals surface area (Å²) in [6.07, 6.45) is 8.06. The Kier molecular flexibility index (Phi) is 5.69. The van der Waals surface area contributed by atoms with Crippen molar-refractivity contribution in [3.05, 3.63) is 47.6 Å². The number of ether oxygens (including phenoxy) is 1. The normalized spacial score (nSPS) is 21.1. The number of hydrogen-bond acceptors (Lipinski definition) is 6. The molecule has 7 nitrogen and oxygen atoms in total. The van der Waals surface area contributed by atoms with Gasteiger partial charge in [0, 0.05) is 49.2 Å². The van der Waals surface area contributed by atoms with Gasteiger partial charge in [-0.25, -0.2) is 9.97 Å². The third kappa shape index (κ3) is 4.51. The number of aryl methyl sites for hydroxylation is 1. The lowest BCUT2D eigenvalue weighted by molar-refractivity contribution is 0.122. The van der Waals surface area contributed by atoms with Crippen molar-refractivity contribution in [1.29, 1.82) is 0 Å². The fourth-order valence-corrected chi connectivity index (χ4v) is 4.33. The SMILES string of the molecule is C=CCn1cc(CNC2CC(C)(C)Cc3nc(N4CCOCC4)ncc32)c(C)n1. The van der Waals surface area contributed by atoms with Gasteiger partial charge in [-0.2, -0.15) is 5.10 Å². The van der Waals surface area contributed by atoms with E-state index in [-0.39, 0.29) is 11.5 Å². The molecule has 2 aromatic heterocycles. The van der Waals surface area contributed by atoms with Crippen LogP contribution in [0.4, 0.5) is 5.95 Å². The van der Waals surface area contributed by atoms with Gasteiger partial charge in [0.05, 0.1) is 31.1 Å². The third-order valence-corrected chi connectivity index (χ3v) is 5.86. The maximum Gasteiger partial charge on any atom is 0.225 e. The van der Waals surface area contributed by atoms with E-state index in [2.05, 4.69) is 48.9 Å². The molecule has 2 aliphatic rings. The molecule has 1 saturated heterocycles. The first-order chi connectivity index (χ1) is 13.9. The molecule has 1 unspecified atom stereocenters. The molecule has 0 aromatic carbocycles. The summed E-state index contributed by atoms with van der Waals surface area (Å²) in [4.78, 5) is 11.9. The minimum atomic E-state index is 0.198. The van der Waals surface area contributed by atoms with Gasteiger partial charge >= 0.3 is 0 Å². The van der Waals surface area contributed by atoms with Crippen LogP contribution in [0.3, 0.4) is 0 Å². The summed E-state index contributed by atoms with van der Waals surface area (Å²) in [5, 5.41) is 8.32. The third-order valence-electron chi connectivity index (χ3n) is 5.86. The number of hydrogen-bond donors (Lipinski definition) is 1. The van der Waals surface area contributed by atoms with E-state index in [1.807, 2.05) is 17.0 Å². The Bertz CT molecular complexity index is 868. The highest BCUT2D eigenvalue weighted by atomic mass is 16.5. The summed E-state index contributed by atoms with van der Waals surface area (Å²) >= 11 is 0. The molecule has 0 radical (unpaired) electrons. The molecule has 0 saturated carbocycles. The Morgan fingerprint density at radius 1 is 1.34 bits per heavy atom. The maximum atomic E-state index is 5.47. The molecule has 0 bridgehead atoms. The standard InChI is InChI=1S/C22H32N6O/c1-5-6-28-15-17(16(2)26-28)13-23-19-11-22(3,4)12-20-18(19)14-24-21(25-20)27-7-9-29-10-8-27/h5,14-15,19,23H,1,6-13H2,2-4H3. The highest BCUT2D eigenvalue weighted by Gasteiger charge is 2.34. The van der Waals surface area contributed by atoms with Crippen LogP contribution in [-0.2, 0) is 24.2 Å². The van der Waals surface area contributed by atoms with Crippen LogP contribution in [-0.4, -0.2) is 46.1 Å². The molecule has 1 atom stereocenters. The largest absolute Gasteiger partial charge is 0.378 e. The number of rotatable bonds is 6. The zero-order chi connectivity index (χ0) is 20.4. The Hall–Kier alpha value is -2.25. The van der Waals surface area contributed by atoms with Gasteiger partial charge in [0.1, 0.15) is 0 Å². The lowest BCUT2D eigenvalue weighted by Crippen LogP contribution is -2.39. The predicted octanol–water partition coefficient (Wildman–Crippen LogP) is 2.81. The maximum absolute atomic E-state index is 5.47. The molecule has 1 aliphatic carbocycles. The van der Waals surface area contributed by atoms with Gasteiger partial charge in [-0.15, -0.1) is 6.58 Å². The van der Waals surface area contributed by atoms with E-state index in [0.717, 1.165) is 63.9 Å². The van der Waals surface area contributed by atoms with E-state index in [9.17, 15) is 0 Å². The topological polar surface area (TPSA) is 68.1 Å². The minimum Gasteiger partial charge on any atom is -0.378 e. The number of anilines is 1. The van der Waals surface area contributed by atoms with E-state index in [4.69, 9.17) is 14.7 Å². The fraction of sp³-hybridized carbons (Fsp3) is 0.591. The highest BCUT2D eigenvalue weighted by Crippen LogP contribution is 2.40. The number of allylic oxidation sites excluding steroid dienone is 1. The Balaban J connectivity index is 1.53. The van der Waals surface area contributed by atoms with Crippen LogP contribution in [0.1, 0.15) is 48.8 Å². The van der Waals surface area contributed by atoms with Gasteiger partial charge < -0.3 is 15.0 Å². The van der Waals surface area contributed by atoms with Crippen molar-refractivity contribution in [2.75, 3.05) is 31.2 Å². The molecule has 29 heavy (non-hydrogen) atoms. The van der Waals surface area contributed by atoms with Crippen LogP contribution in [0, 0.1) is 12.3 Å². The zero-order valence-electron chi connectivity index (χ0n) is 17.8. The minimum absolute atomic E-state index is 0.198. The van der Waals surface area contributed by atoms with Gasteiger partial charge in [-0.1, -0.05) is 19.9 Å². The Morgan fingerprint density at radius 2 is 2.14 bits per heavy atom. The van der Waals surface area contributed by atoms with Gasteiger partial charge in [-0.3, -0.25) is 4.68 Å². The van der Waals surface area contributed by atoms with Crippen molar-refractivity contribution >= 4 is 5.95 Å². The van der Waals surface area contributed by atoms with Crippen LogP contribution < -0.4 is 10.2 Å². The van der Waals surface area contributed by atoms with E-state index >= 15 is 0 Å². The fourth-order valence-electron chi connectivity index (χ4n) is 4.33. The average molecular weight is 397 g/mol. The summed E-state index contributed by atoms with van der Waals surface area (Å²) in [6.45, 7) is 15.2. The van der Waals surface area contributed by atoms with Gasteiger partial charge in [0.15, 0.2) is 0 Å². The average Bonchev–Trinajstić information content (AvgIpc) is 3.05. The first-order valence-electron chi connectivity index (χ1n) is 10.5. The molecular formula is C22H32N6O. The number of morpholine rings is 1. The van der Waals surface area contributed by atoms with Gasteiger partial charge in [-0.05, 0) is 25.2 Å². The van der Waals surface area contributed by atoms with Crippen LogP contribution in [0.5, 0.6) is 0 Å². The summed E-state index contributed by atoms with van der Waals surface area (Å²) in [6, 6.07) is 0.245. The molecule has 1 aliphatic heterocycles. The number of fused-ring (bicyclic) bond motifs is 1. The first kappa shape index (κ1) is 20.0. The second kappa shape index (κ2) is 8.24. The quantitative estimate of drug-likeness (QED) is 0.758. The molecule has 3 heterocycles. The number of nitrogens with one attached hydrogen (secondary N) is 1. The molecule has 4 rings (SSSR count). The van der Waals surface area contributed by atoms with Crippen LogP contribution >= 0.6 is 0 Å². The first-order valence-corrected chi connectivity index (χ1v) is 10.5. The summed E-state index contributed by atoms with van der Waals surface area (Å²) in [7, 11) is 0. The van der Waals surface area contributed by atoms with Crippen molar-refractivity contribution in [3.63, 3.8) is 0 Å². The molecular weight excluding hydrogens is 364 g/mol. The summed E-state index contributed by atoms with van der Waals surface area (Å²) < 4.78 is 7.41. The Labute approximate surface area is 173 Å². The second-order valence-corrected chi connectivity index (χ2v) is 8.90. The molecule has 156 valence electrons. The zero-order valence-corrected chi connectivity index (χ0v) is 17.8. The van der Waals surface area contributed by atoms with Gasteiger partial charge in [0.2, 0.25) is 5.95 Å². The van der Waals surface area contributed by atoms with Crippen molar-refractivity contribution in [1.82, 2.24) is 25.1 Å². The Morgan fingerprint density at radius 3 is 2.90 bits per heavy atom. The van der Waals surface area contributed by atoms with E-state index < -0.39 is 0 Å². The van der Waals surface area contributed by atoms with Crippen LogP contribution in [0.25, 0.3) is 0 Å². The second-order valence-electron chi connectivity index (χ2n) is 8.90. The van der Waals surface area contributed by atoms with Crippen molar-refractivity contribution in [2.45, 2.75) is 52.7 Å². The van der Waals surface area contributed by atoms with Gasteiger partial charge in [0.25, 0.3) is 0 Å². The van der Waals surface area contributed by atoms with Crippen LogP contribution in [0.15, 0.2) is 25.0 Å².